The molecule has 1 amide bonds. The minimum atomic E-state index is 0.0356. The van der Waals surface area contributed by atoms with Crippen LogP contribution in [0.25, 0.3) is 0 Å². The van der Waals surface area contributed by atoms with Gasteiger partial charge in [0.1, 0.15) is 0 Å². The average Bonchev–Trinajstić information content (AvgIpc) is 2.18. The van der Waals surface area contributed by atoms with E-state index in [1.165, 1.54) is 0 Å². The summed E-state index contributed by atoms with van der Waals surface area (Å²) < 4.78 is 0. The summed E-state index contributed by atoms with van der Waals surface area (Å²) in [4.78, 5) is 19.2. The number of hydrogen-bond donors (Lipinski definition) is 2. The maximum Gasteiger partial charge on any atom is 0.222 e. The number of hydrogen-bond acceptors (Lipinski definition) is 4. The number of anilines is 1. The summed E-state index contributed by atoms with van der Waals surface area (Å²) in [5, 5.41) is 5.77. The largest absolute Gasteiger partial charge is 0.354 e. The Balaban J connectivity index is 2.19. The molecular weight excluding hydrogens is 192 g/mol. The van der Waals surface area contributed by atoms with E-state index < -0.39 is 0 Å². The van der Waals surface area contributed by atoms with Crippen molar-refractivity contribution in [2.45, 2.75) is 26.3 Å². The predicted molar refractivity (Wildman–Crippen MR) is 58.4 cm³/mol. The van der Waals surface area contributed by atoms with Gasteiger partial charge in [0.2, 0.25) is 11.9 Å². The fraction of sp³-hybridized carbons (Fsp3) is 0.500. The fourth-order valence-corrected chi connectivity index (χ4v) is 1.07. The molecule has 0 spiro atoms. The molecule has 1 rings (SSSR count). The van der Waals surface area contributed by atoms with Crippen molar-refractivity contribution in [3.8, 4) is 0 Å². The van der Waals surface area contributed by atoms with Crippen LogP contribution in [0.1, 0.15) is 20.3 Å². The molecule has 0 unspecified atom stereocenters. The van der Waals surface area contributed by atoms with Crippen LogP contribution in [0.15, 0.2) is 18.5 Å². The first-order chi connectivity index (χ1) is 7.18. The third-order valence-electron chi connectivity index (χ3n) is 1.65. The molecule has 5 nitrogen and oxygen atoms in total. The zero-order valence-electron chi connectivity index (χ0n) is 9.03. The van der Waals surface area contributed by atoms with Gasteiger partial charge < -0.3 is 10.6 Å². The van der Waals surface area contributed by atoms with Crippen LogP contribution >= 0.6 is 0 Å². The lowest BCUT2D eigenvalue weighted by atomic mass is 10.3. The van der Waals surface area contributed by atoms with Gasteiger partial charge in [-0.1, -0.05) is 0 Å². The molecule has 15 heavy (non-hydrogen) atoms. The number of aromatic nitrogens is 2. The molecule has 1 aromatic rings. The van der Waals surface area contributed by atoms with Gasteiger partial charge in [-0.05, 0) is 19.9 Å². The van der Waals surface area contributed by atoms with Crippen LogP contribution in [0.5, 0.6) is 0 Å². The first kappa shape index (κ1) is 11.4. The van der Waals surface area contributed by atoms with Crippen molar-refractivity contribution in [1.82, 2.24) is 15.3 Å². The van der Waals surface area contributed by atoms with E-state index in [-0.39, 0.29) is 11.9 Å². The number of rotatable bonds is 5. The smallest absolute Gasteiger partial charge is 0.222 e. The van der Waals surface area contributed by atoms with E-state index in [1.807, 2.05) is 13.8 Å². The number of carbonyl (C=O) groups excluding carboxylic acids is 1. The molecule has 1 aromatic heterocycles. The zero-order valence-corrected chi connectivity index (χ0v) is 9.03. The average molecular weight is 208 g/mol. The third kappa shape index (κ3) is 4.95. The predicted octanol–water partition coefficient (Wildman–Crippen LogP) is 0.803. The van der Waals surface area contributed by atoms with Crippen molar-refractivity contribution in [2.24, 2.45) is 0 Å². The molecule has 5 heteroatoms. The Kier molecular flexibility index (Phi) is 4.53. The van der Waals surface area contributed by atoms with Crippen molar-refractivity contribution >= 4 is 11.9 Å². The highest BCUT2D eigenvalue weighted by molar-refractivity contribution is 5.76. The summed E-state index contributed by atoms with van der Waals surface area (Å²) in [6, 6.07) is 1.93. The van der Waals surface area contributed by atoms with Crippen molar-refractivity contribution < 1.29 is 4.79 Å². The van der Waals surface area contributed by atoms with E-state index >= 15 is 0 Å². The molecule has 0 aromatic carbocycles. The van der Waals surface area contributed by atoms with E-state index in [0.29, 0.717) is 18.9 Å². The molecule has 82 valence electrons. The first-order valence-corrected chi connectivity index (χ1v) is 4.98. The molecular formula is C10H16N4O. The number of nitrogens with one attached hydrogen (secondary N) is 2. The van der Waals surface area contributed by atoms with Gasteiger partial charge in [-0.15, -0.1) is 0 Å². The van der Waals surface area contributed by atoms with E-state index in [9.17, 15) is 4.79 Å². The van der Waals surface area contributed by atoms with E-state index in [1.54, 1.807) is 18.5 Å². The van der Waals surface area contributed by atoms with Crippen LogP contribution in [0.4, 0.5) is 5.95 Å². The van der Waals surface area contributed by atoms with Crippen molar-refractivity contribution in [1.29, 1.82) is 0 Å². The SMILES string of the molecule is CC(C)NC(=O)CCNc1ncccn1. The normalized spacial score (nSPS) is 10.1. The summed E-state index contributed by atoms with van der Waals surface area (Å²) in [5.41, 5.74) is 0. The van der Waals surface area contributed by atoms with Gasteiger partial charge in [0.15, 0.2) is 0 Å². The molecule has 0 saturated carbocycles. The Morgan fingerprint density at radius 3 is 2.67 bits per heavy atom. The number of nitrogens with zero attached hydrogens (tertiary/aromatic N) is 2. The molecule has 1 heterocycles. The van der Waals surface area contributed by atoms with E-state index in [0.717, 1.165) is 0 Å². The van der Waals surface area contributed by atoms with Gasteiger partial charge >= 0.3 is 0 Å². The Morgan fingerprint density at radius 2 is 2.07 bits per heavy atom. The molecule has 0 bridgehead atoms. The van der Waals surface area contributed by atoms with E-state index in [4.69, 9.17) is 0 Å². The molecule has 0 aliphatic rings. The van der Waals surface area contributed by atoms with Crippen molar-refractivity contribution in [2.75, 3.05) is 11.9 Å². The van der Waals surface area contributed by atoms with Crippen LogP contribution in [0.2, 0.25) is 0 Å². The molecule has 0 fully saturated rings. The van der Waals surface area contributed by atoms with Crippen LogP contribution < -0.4 is 10.6 Å². The lowest BCUT2D eigenvalue weighted by molar-refractivity contribution is -0.121. The third-order valence-corrected chi connectivity index (χ3v) is 1.65. The topological polar surface area (TPSA) is 66.9 Å². The van der Waals surface area contributed by atoms with Gasteiger partial charge in [-0.25, -0.2) is 9.97 Å². The highest BCUT2D eigenvalue weighted by Crippen LogP contribution is 1.94. The minimum Gasteiger partial charge on any atom is -0.354 e. The minimum absolute atomic E-state index is 0.0356. The zero-order chi connectivity index (χ0) is 11.1. The quantitative estimate of drug-likeness (QED) is 0.751. The van der Waals surface area contributed by atoms with Gasteiger partial charge in [-0.3, -0.25) is 4.79 Å². The van der Waals surface area contributed by atoms with Gasteiger partial charge in [-0.2, -0.15) is 0 Å². The monoisotopic (exact) mass is 208 g/mol. The Morgan fingerprint density at radius 1 is 1.40 bits per heavy atom. The molecule has 2 N–H and O–H groups in total. The van der Waals surface area contributed by atoms with Crippen LogP contribution in [-0.2, 0) is 4.79 Å². The highest BCUT2D eigenvalue weighted by atomic mass is 16.1. The summed E-state index contributed by atoms with van der Waals surface area (Å²) in [6.45, 7) is 4.42. The maximum absolute atomic E-state index is 11.3. The number of carbonyl (C=O) groups is 1. The molecule has 0 radical (unpaired) electrons. The summed E-state index contributed by atoms with van der Waals surface area (Å²) in [6.07, 6.45) is 3.74. The summed E-state index contributed by atoms with van der Waals surface area (Å²) in [5.74, 6) is 0.586. The van der Waals surface area contributed by atoms with Gasteiger partial charge in [0, 0.05) is 31.4 Å². The van der Waals surface area contributed by atoms with Crippen molar-refractivity contribution in [3.63, 3.8) is 0 Å². The van der Waals surface area contributed by atoms with Gasteiger partial charge in [0.05, 0.1) is 0 Å². The van der Waals surface area contributed by atoms with E-state index in [2.05, 4.69) is 20.6 Å². The fourth-order valence-electron chi connectivity index (χ4n) is 1.07. The summed E-state index contributed by atoms with van der Waals surface area (Å²) >= 11 is 0. The Labute approximate surface area is 89.3 Å². The number of amides is 1. The van der Waals surface area contributed by atoms with Crippen LogP contribution in [0, 0.1) is 0 Å². The standard InChI is InChI=1S/C10H16N4O/c1-8(2)14-9(15)4-7-13-10-11-5-3-6-12-10/h3,5-6,8H,4,7H2,1-2H3,(H,14,15)(H,11,12,13). The second kappa shape index (κ2) is 5.95. The maximum atomic E-state index is 11.3. The van der Waals surface area contributed by atoms with Crippen LogP contribution in [0.3, 0.4) is 0 Å². The van der Waals surface area contributed by atoms with Gasteiger partial charge in [0.25, 0.3) is 0 Å². The second-order valence-electron chi connectivity index (χ2n) is 3.47. The first-order valence-electron chi connectivity index (χ1n) is 4.98. The van der Waals surface area contributed by atoms with Crippen molar-refractivity contribution in [3.05, 3.63) is 18.5 Å². The lowest BCUT2D eigenvalue weighted by Gasteiger charge is -2.08. The molecule has 0 atom stereocenters. The Bertz CT molecular complexity index is 300. The Hall–Kier alpha value is -1.65. The molecule has 0 aliphatic heterocycles. The molecule has 0 saturated heterocycles. The van der Waals surface area contributed by atoms with Crippen LogP contribution in [-0.4, -0.2) is 28.5 Å². The lowest BCUT2D eigenvalue weighted by Crippen LogP contribution is -2.31. The highest BCUT2D eigenvalue weighted by Gasteiger charge is 2.02. The second-order valence-corrected chi connectivity index (χ2v) is 3.47. The molecule has 0 aliphatic carbocycles. The summed E-state index contributed by atoms with van der Waals surface area (Å²) in [7, 11) is 0.